The fourth-order valence-corrected chi connectivity index (χ4v) is 21.4. The van der Waals surface area contributed by atoms with Gasteiger partial charge in [0.25, 0.3) is 0 Å². The molecule has 27 aromatic rings. The molecule has 4 heterocycles. The van der Waals surface area contributed by atoms with Gasteiger partial charge >= 0.3 is 0 Å². The zero-order valence-corrected chi connectivity index (χ0v) is 74.9. The molecule has 4 aromatic heterocycles. The smallest absolute Gasteiger partial charge is 0.235 e. The molecule has 7 nitrogen and oxygen atoms in total. The maximum absolute atomic E-state index is 5.63. The summed E-state index contributed by atoms with van der Waals surface area (Å²) in [5.74, 6) is 2.38. The minimum absolute atomic E-state index is 0.583. The zero-order chi connectivity index (χ0) is 90.8. The molecular weight excluding hydrogens is 1670 g/mol. The fourth-order valence-electron chi connectivity index (χ4n) is 21.4. The standard InChI is InChI=1S/C131H81N7/c1-3-27-84(28-4-1)128-134-129(99-39-25-34-90(73-99)86-30-21-32-88(69-86)94-61-65-113-109-47-9-7-43-105(109)107-45-11-13-49-111(107)118(113)78-94)136-130(135-128)100-40-26-35-91(74-100)87-31-22-36-92(70-87)102-75-101(76-103(77-102)93-37-23-33-89(71-93)95-62-66-114-110-48-10-8-44-106(110)108-46-12-14-50-112(108)119(114)79-95)83-59-57-82(58-60-83)85-29-24-38-98(72-85)127-117-53-15-18-54-122(117)132-131(133-127)138-124-56-20-17-52-116(124)121-81-97(64-68-126(121)138)96-63-67-125-120(80-96)115-51-16-19-55-123(115)137(125)104-41-5-2-6-42-104/h1-81H. The van der Waals surface area contributed by atoms with Crippen LogP contribution in [0.1, 0.15) is 0 Å². The van der Waals surface area contributed by atoms with Crippen molar-refractivity contribution in [1.29, 1.82) is 0 Å². The predicted octanol–water partition coefficient (Wildman–Crippen LogP) is 34.6. The highest BCUT2D eigenvalue weighted by Crippen LogP contribution is 2.46. The van der Waals surface area contributed by atoms with E-state index >= 15 is 0 Å². The second-order valence-corrected chi connectivity index (χ2v) is 36.1. The average Bonchev–Trinajstić information content (AvgIpc) is 1.53. The van der Waals surface area contributed by atoms with E-state index < -0.39 is 0 Å². The maximum atomic E-state index is 5.63. The summed E-state index contributed by atoms with van der Waals surface area (Å²) in [6.07, 6.45) is 0. The lowest BCUT2D eigenvalue weighted by molar-refractivity contribution is 1.01. The van der Waals surface area contributed by atoms with Crippen molar-refractivity contribution in [1.82, 2.24) is 34.1 Å². The first-order valence-corrected chi connectivity index (χ1v) is 47.1. The van der Waals surface area contributed by atoms with Crippen molar-refractivity contribution in [2.45, 2.75) is 0 Å². The summed E-state index contributed by atoms with van der Waals surface area (Å²) in [7, 11) is 0. The maximum Gasteiger partial charge on any atom is 0.235 e. The van der Waals surface area contributed by atoms with Crippen LogP contribution in [0.2, 0.25) is 0 Å². The number of hydrogen-bond acceptors (Lipinski definition) is 5. The highest BCUT2D eigenvalue weighted by molar-refractivity contribution is 6.27. The van der Waals surface area contributed by atoms with Crippen LogP contribution in [0.4, 0.5) is 0 Å². The topological polar surface area (TPSA) is 74.3 Å². The van der Waals surface area contributed by atoms with E-state index in [4.69, 9.17) is 24.9 Å². The Labute approximate surface area is 796 Å². The van der Waals surface area contributed by atoms with Gasteiger partial charge in [-0.3, -0.25) is 4.57 Å². The molecule has 0 radical (unpaired) electrons. The zero-order valence-electron chi connectivity index (χ0n) is 74.9. The molecule has 0 aliphatic carbocycles. The van der Waals surface area contributed by atoms with Crippen LogP contribution in [-0.4, -0.2) is 34.1 Å². The van der Waals surface area contributed by atoms with Crippen LogP contribution < -0.4 is 0 Å². The highest BCUT2D eigenvalue weighted by atomic mass is 15.2. The van der Waals surface area contributed by atoms with E-state index in [-0.39, 0.29) is 0 Å². The molecule has 138 heavy (non-hydrogen) atoms. The summed E-state index contributed by atoms with van der Waals surface area (Å²) in [6, 6.07) is 179. The molecule has 27 rings (SSSR count). The first kappa shape index (κ1) is 79.3. The van der Waals surface area contributed by atoms with Crippen LogP contribution in [0.5, 0.6) is 0 Å². The molecule has 0 fully saturated rings. The number of aromatic nitrogens is 7. The SMILES string of the molecule is c1ccc(-c2nc(-c3cccc(-c4cccc(-c5cc(-c6ccc(-c7cccc(-c8nc(-n9c%10ccccc%10c%10cc(-c%11ccc%12c(c%11)c%11ccccc%11n%12-c%11ccccc%11)ccc%109)nc9ccccc89)c7)cc6)cc(-c6cccc(-c7ccc8c9ccccc9c9ccccc9c8c7)c6)c5)c4)c3)nc(-c3cccc(-c4cccc(-c5ccc6c7ccccc7c7ccccc7c6c5)c4)c3)n2)cc1. The molecule has 0 atom stereocenters. The van der Waals surface area contributed by atoms with Gasteiger partial charge < -0.3 is 4.57 Å². The number of hydrogen-bond donors (Lipinski definition) is 0. The van der Waals surface area contributed by atoms with E-state index in [0.29, 0.717) is 23.4 Å². The van der Waals surface area contributed by atoms with E-state index in [2.05, 4.69) is 482 Å². The van der Waals surface area contributed by atoms with Gasteiger partial charge in [0, 0.05) is 54.9 Å². The van der Waals surface area contributed by atoms with Gasteiger partial charge in [-0.05, 0) is 286 Å². The summed E-state index contributed by atoms with van der Waals surface area (Å²) >= 11 is 0. The molecule has 0 aliphatic rings. The van der Waals surface area contributed by atoms with Crippen LogP contribution in [-0.2, 0) is 0 Å². The third kappa shape index (κ3) is 13.8. The summed E-state index contributed by atoms with van der Waals surface area (Å²) in [5.41, 5.74) is 30.9. The largest absolute Gasteiger partial charge is 0.309 e. The van der Waals surface area contributed by atoms with E-state index in [1.54, 1.807) is 0 Å². The van der Waals surface area contributed by atoms with Crippen LogP contribution in [0, 0.1) is 0 Å². The Morgan fingerprint density at radius 2 is 0.377 bits per heavy atom. The van der Waals surface area contributed by atoms with E-state index in [1.165, 1.54) is 86.4 Å². The molecule has 7 heteroatoms. The van der Waals surface area contributed by atoms with Gasteiger partial charge in [-0.15, -0.1) is 0 Å². The fraction of sp³-hybridized carbons (Fsp3) is 0. The molecule has 0 N–H and O–H groups in total. The molecule has 0 spiro atoms. The lowest BCUT2D eigenvalue weighted by Gasteiger charge is -2.15. The molecule has 0 saturated carbocycles. The average molecular weight is 1750 g/mol. The third-order valence-electron chi connectivity index (χ3n) is 28.1. The Bertz CT molecular complexity index is 9600. The second-order valence-electron chi connectivity index (χ2n) is 36.1. The number of para-hydroxylation sites is 4. The van der Waals surface area contributed by atoms with Gasteiger partial charge in [-0.2, -0.15) is 0 Å². The van der Waals surface area contributed by atoms with E-state index in [9.17, 15) is 0 Å². The summed E-state index contributed by atoms with van der Waals surface area (Å²) in [4.78, 5) is 27.0. The van der Waals surface area contributed by atoms with Crippen molar-refractivity contribution >= 4 is 119 Å². The molecular formula is C131H81N7. The van der Waals surface area contributed by atoms with E-state index in [1.807, 2.05) is 18.2 Å². The van der Waals surface area contributed by atoms with Crippen LogP contribution in [0.3, 0.4) is 0 Å². The Hall–Kier alpha value is -18.4. The highest BCUT2D eigenvalue weighted by Gasteiger charge is 2.24. The van der Waals surface area contributed by atoms with Gasteiger partial charge in [-0.25, -0.2) is 24.9 Å². The Morgan fingerprint density at radius 3 is 0.819 bits per heavy atom. The van der Waals surface area contributed by atoms with Crippen molar-refractivity contribution in [2.24, 2.45) is 0 Å². The molecule has 0 bridgehead atoms. The number of fused-ring (bicyclic) bond motifs is 19. The molecule has 0 saturated heterocycles. The monoisotopic (exact) mass is 1750 g/mol. The lowest BCUT2D eigenvalue weighted by Crippen LogP contribution is -2.03. The quantitative estimate of drug-likeness (QED) is 0.0956. The predicted molar refractivity (Wildman–Crippen MR) is 577 cm³/mol. The first-order valence-electron chi connectivity index (χ1n) is 47.1. The third-order valence-corrected chi connectivity index (χ3v) is 28.1. The van der Waals surface area contributed by atoms with Gasteiger partial charge in [0.2, 0.25) is 5.95 Å². The molecule has 23 aromatic carbocycles. The van der Waals surface area contributed by atoms with Crippen LogP contribution in [0.25, 0.3) is 276 Å². The first-order chi connectivity index (χ1) is 68.3. The Morgan fingerprint density at radius 1 is 0.123 bits per heavy atom. The van der Waals surface area contributed by atoms with Crippen molar-refractivity contribution < 1.29 is 0 Å². The molecule has 640 valence electrons. The van der Waals surface area contributed by atoms with Gasteiger partial charge in [0.05, 0.1) is 33.3 Å². The lowest BCUT2D eigenvalue weighted by atomic mass is 9.89. The van der Waals surface area contributed by atoms with Crippen molar-refractivity contribution in [2.75, 3.05) is 0 Å². The minimum atomic E-state index is 0.583. The molecule has 0 amide bonds. The summed E-state index contributed by atoms with van der Waals surface area (Å²) in [6.45, 7) is 0. The van der Waals surface area contributed by atoms with Crippen molar-refractivity contribution in [3.05, 3.63) is 491 Å². The molecule has 0 unspecified atom stereocenters. The summed E-state index contributed by atoms with van der Waals surface area (Å²) in [5, 5.41) is 20.8. The minimum Gasteiger partial charge on any atom is -0.309 e. The second kappa shape index (κ2) is 32.8. The van der Waals surface area contributed by atoms with Crippen LogP contribution >= 0.6 is 0 Å². The Kier molecular flexibility index (Phi) is 18.8. The van der Waals surface area contributed by atoms with E-state index in [0.717, 1.165) is 166 Å². The van der Waals surface area contributed by atoms with Crippen molar-refractivity contribution in [3.63, 3.8) is 0 Å². The number of nitrogens with zero attached hydrogens (tertiary/aromatic N) is 7. The summed E-state index contributed by atoms with van der Waals surface area (Å²) < 4.78 is 4.62. The van der Waals surface area contributed by atoms with Gasteiger partial charge in [0.15, 0.2) is 17.5 Å². The molecule has 0 aliphatic heterocycles. The number of rotatable bonds is 15. The van der Waals surface area contributed by atoms with Gasteiger partial charge in [0.1, 0.15) is 0 Å². The van der Waals surface area contributed by atoms with Crippen molar-refractivity contribution in [3.8, 4) is 157 Å². The normalized spacial score (nSPS) is 11.8. The number of benzene rings is 23. The van der Waals surface area contributed by atoms with Crippen LogP contribution in [0.15, 0.2) is 491 Å². The van der Waals surface area contributed by atoms with Gasteiger partial charge in [-0.1, -0.05) is 370 Å². The Balaban J connectivity index is 0.530.